The van der Waals surface area contributed by atoms with Crippen LogP contribution in [0.25, 0.3) is 44.8 Å². The van der Waals surface area contributed by atoms with Crippen molar-refractivity contribution in [3.8, 4) is 34.3 Å². The van der Waals surface area contributed by atoms with Crippen LogP contribution >= 0.6 is 11.6 Å². The Bertz CT molecular complexity index is 3060. The molecule has 10 rings (SSSR count). The fourth-order valence-electron chi connectivity index (χ4n) is 8.26. The van der Waals surface area contributed by atoms with E-state index in [1.807, 2.05) is 16.2 Å². The summed E-state index contributed by atoms with van der Waals surface area (Å²) in [5, 5.41) is 34.9. The summed E-state index contributed by atoms with van der Waals surface area (Å²) in [5.41, 5.74) is 5.67. The summed E-state index contributed by atoms with van der Waals surface area (Å²) in [7, 11) is 5.41. The van der Waals surface area contributed by atoms with Crippen molar-refractivity contribution in [2.24, 2.45) is 27.1 Å². The molecule has 0 radical (unpaired) electrons. The summed E-state index contributed by atoms with van der Waals surface area (Å²) < 4.78 is 23.3. The number of pyridine rings is 2. The van der Waals surface area contributed by atoms with E-state index in [1.54, 1.807) is 75.8 Å². The van der Waals surface area contributed by atoms with Crippen LogP contribution < -0.4 is 20.1 Å². The maximum Gasteiger partial charge on any atom is 0.258 e. The van der Waals surface area contributed by atoms with Gasteiger partial charge >= 0.3 is 0 Å². The minimum Gasteiger partial charge on any atom is -0.477 e. The van der Waals surface area contributed by atoms with Gasteiger partial charge in [-0.15, -0.1) is 0 Å². The van der Waals surface area contributed by atoms with Gasteiger partial charge in [0, 0.05) is 51.8 Å². The molecule has 0 aromatic carbocycles. The van der Waals surface area contributed by atoms with Crippen LogP contribution in [0, 0.1) is 5.92 Å². The van der Waals surface area contributed by atoms with Crippen molar-refractivity contribution in [1.29, 1.82) is 0 Å². The highest BCUT2D eigenvalue weighted by atomic mass is 35.5. The minimum absolute atomic E-state index is 0.0718. The third-order valence-corrected chi connectivity index (χ3v) is 11.6. The van der Waals surface area contributed by atoms with E-state index in [-0.39, 0.29) is 29.8 Å². The molecule has 3 N–H and O–H groups in total. The molecule has 0 saturated heterocycles. The predicted molar refractivity (Wildman–Crippen MR) is 230 cm³/mol. The highest BCUT2D eigenvalue weighted by Crippen LogP contribution is 2.34. The molecule has 10 heterocycles. The summed E-state index contributed by atoms with van der Waals surface area (Å²) >= 11 is 6.60. The van der Waals surface area contributed by atoms with Gasteiger partial charge in [0.2, 0.25) is 23.7 Å². The molecule has 4 bridgehead atoms. The summed E-state index contributed by atoms with van der Waals surface area (Å²) in [6, 6.07) is 6.50. The lowest BCUT2D eigenvalue weighted by molar-refractivity contribution is 0.101. The van der Waals surface area contributed by atoms with Crippen LogP contribution in [-0.4, -0.2) is 104 Å². The van der Waals surface area contributed by atoms with Gasteiger partial charge in [0.1, 0.15) is 16.2 Å². The standard InChI is InChI=1S/C41H43ClN16O5/c1-22-6-5-10-62-39-28(30-14-24(15-33(42)48-30)35(61)52-41-50-32-19-45-54(3)37(32)57(41)20-22)17-46-58(39)21-25-12-23-13-29(47-25)27-16-43-55(4)38(27)63-11-8-26(59)7-9-56-36-31(18-44-53(36)2)49-40(56)51-34(23)60/h12-19,22,26,59H,5-11,20-21H2,1-4H3,(H,49,51,60)(H,50,52,61)/t22-,26?/m1/s1. The summed E-state index contributed by atoms with van der Waals surface area (Å²) in [4.78, 5) is 47.2. The molecule has 324 valence electrons. The molecule has 1 unspecified atom stereocenters. The number of halogens is 1. The molecule has 21 nitrogen and oxygen atoms in total. The Balaban J connectivity index is 1.03. The van der Waals surface area contributed by atoms with Crippen molar-refractivity contribution in [1.82, 2.24) is 68.2 Å². The molecule has 2 atom stereocenters. The van der Waals surface area contributed by atoms with Gasteiger partial charge in [-0.2, -0.15) is 20.4 Å². The number of aromatic nitrogens is 14. The lowest BCUT2D eigenvalue weighted by atomic mass is 10.1. The molecule has 63 heavy (non-hydrogen) atoms. The smallest absolute Gasteiger partial charge is 0.258 e. The summed E-state index contributed by atoms with van der Waals surface area (Å²) in [6.07, 6.45) is 8.10. The first-order valence-electron chi connectivity index (χ1n) is 20.6. The Labute approximate surface area is 363 Å². The van der Waals surface area contributed by atoms with Gasteiger partial charge in [0.25, 0.3) is 11.8 Å². The lowest BCUT2D eigenvalue weighted by Crippen LogP contribution is -2.20. The first-order chi connectivity index (χ1) is 30.5. The number of ether oxygens (including phenoxy) is 2. The number of nitrogens with zero attached hydrogens (tertiary/aromatic N) is 14. The van der Waals surface area contributed by atoms with Crippen molar-refractivity contribution in [3.05, 3.63) is 71.0 Å². The van der Waals surface area contributed by atoms with Gasteiger partial charge in [0.15, 0.2) is 11.3 Å². The van der Waals surface area contributed by atoms with E-state index >= 15 is 0 Å². The van der Waals surface area contributed by atoms with Gasteiger partial charge < -0.3 is 14.6 Å². The fourth-order valence-corrected chi connectivity index (χ4v) is 8.47. The van der Waals surface area contributed by atoms with Gasteiger partial charge in [-0.25, -0.2) is 24.3 Å². The van der Waals surface area contributed by atoms with Crippen molar-refractivity contribution in [2.45, 2.75) is 58.3 Å². The quantitative estimate of drug-likeness (QED) is 0.204. The van der Waals surface area contributed by atoms with E-state index in [1.165, 1.54) is 6.07 Å². The van der Waals surface area contributed by atoms with E-state index in [9.17, 15) is 14.7 Å². The molecule has 0 saturated carbocycles. The Morgan fingerprint density at radius 2 is 1.33 bits per heavy atom. The number of carbonyl (C=O) groups is 2. The van der Waals surface area contributed by atoms with Crippen molar-refractivity contribution in [3.63, 3.8) is 0 Å². The van der Waals surface area contributed by atoms with E-state index in [0.29, 0.717) is 113 Å². The Hall–Kier alpha value is -7.13. The minimum atomic E-state index is -0.693. The number of anilines is 2. The monoisotopic (exact) mass is 874 g/mol. The third kappa shape index (κ3) is 7.51. The molecular formula is C41H43ClN16O5. The number of fused-ring (bicyclic) bond motifs is 14. The van der Waals surface area contributed by atoms with Crippen molar-refractivity contribution >= 4 is 57.6 Å². The van der Waals surface area contributed by atoms with Gasteiger partial charge in [-0.3, -0.25) is 43.7 Å². The Morgan fingerprint density at radius 1 is 0.714 bits per heavy atom. The van der Waals surface area contributed by atoms with Crippen molar-refractivity contribution in [2.75, 3.05) is 23.8 Å². The molecule has 22 heteroatoms. The largest absolute Gasteiger partial charge is 0.477 e. The third-order valence-electron chi connectivity index (χ3n) is 11.4. The summed E-state index contributed by atoms with van der Waals surface area (Å²) in [5.74, 6) is 0.862. The van der Waals surface area contributed by atoms with E-state index < -0.39 is 17.9 Å². The van der Waals surface area contributed by atoms with Gasteiger partial charge in [-0.1, -0.05) is 18.5 Å². The van der Waals surface area contributed by atoms with Crippen molar-refractivity contribution < 1.29 is 24.2 Å². The Morgan fingerprint density at radius 3 is 2.08 bits per heavy atom. The van der Waals surface area contributed by atoms with E-state index in [4.69, 9.17) is 36.1 Å². The van der Waals surface area contributed by atoms with Crippen LogP contribution in [0.1, 0.15) is 59.0 Å². The second-order valence-electron chi connectivity index (χ2n) is 16.0. The van der Waals surface area contributed by atoms with E-state index in [0.717, 1.165) is 12.1 Å². The molecule has 2 amide bonds. The maximum absolute atomic E-state index is 14.3. The van der Waals surface area contributed by atoms with Crippen LogP contribution in [-0.2, 0) is 40.8 Å². The zero-order valence-corrected chi connectivity index (χ0v) is 35.6. The molecule has 0 fully saturated rings. The molecular weight excluding hydrogens is 832 g/mol. The number of rotatable bonds is 2. The second kappa shape index (κ2) is 16.0. The topological polar surface area (TPSA) is 230 Å². The molecule has 2 aliphatic heterocycles. The fraction of sp³-hybridized carbons (Fsp3) is 0.366. The van der Waals surface area contributed by atoms with Gasteiger partial charge in [-0.05, 0) is 49.4 Å². The second-order valence-corrected chi connectivity index (χ2v) is 16.4. The maximum atomic E-state index is 14.3. The zero-order valence-electron chi connectivity index (χ0n) is 34.9. The molecule has 2 aliphatic rings. The normalized spacial score (nSPS) is 17.5. The van der Waals surface area contributed by atoms with Crippen LogP contribution in [0.3, 0.4) is 0 Å². The number of imidazole rings is 2. The number of hydrogen-bond acceptors (Lipinski definition) is 13. The number of aryl methyl sites for hydroxylation is 4. The number of aliphatic hydroxyl groups excluding tert-OH is 1. The number of amides is 2. The molecule has 8 aromatic rings. The first-order valence-corrected chi connectivity index (χ1v) is 20.9. The number of carbonyl (C=O) groups excluding carboxylic acids is 2. The van der Waals surface area contributed by atoms with Crippen LogP contribution in [0.15, 0.2) is 49.1 Å². The first kappa shape index (κ1) is 40.0. The highest BCUT2D eigenvalue weighted by molar-refractivity contribution is 6.30. The zero-order chi connectivity index (χ0) is 43.5. The lowest BCUT2D eigenvalue weighted by Gasteiger charge is -2.16. The SMILES string of the molecule is C[C@@H]1CCCOc2c(cnn2Cc2cc3cc(n2)-c2cnn(C)c2OCCC(O)CCn2c(nc4cnn(C)c42)NC3=O)-c2cc(cc(Cl)n2)C(=O)Nc2nc3cnn(C)c3n2C1. The summed E-state index contributed by atoms with van der Waals surface area (Å²) in [6.45, 7) is 3.72. The highest BCUT2D eigenvalue weighted by Gasteiger charge is 2.26. The number of nitrogens with one attached hydrogen (secondary N) is 2. The molecule has 0 spiro atoms. The van der Waals surface area contributed by atoms with Crippen LogP contribution in [0.5, 0.6) is 11.8 Å². The van der Waals surface area contributed by atoms with Crippen LogP contribution in [0.4, 0.5) is 11.9 Å². The van der Waals surface area contributed by atoms with Crippen LogP contribution in [0.2, 0.25) is 5.15 Å². The molecule has 8 aromatic heterocycles. The Kier molecular flexibility index (Phi) is 10.1. The number of hydrogen-bond donors (Lipinski definition) is 3. The van der Waals surface area contributed by atoms with Gasteiger partial charge in [0.05, 0.1) is 78.9 Å². The average Bonchev–Trinajstić information content (AvgIpc) is 4.11. The molecule has 0 aliphatic carbocycles. The number of aliphatic hydroxyl groups is 1. The average molecular weight is 875 g/mol. The van der Waals surface area contributed by atoms with E-state index in [2.05, 4.69) is 42.8 Å². The predicted octanol–water partition coefficient (Wildman–Crippen LogP) is 4.46.